The summed E-state index contributed by atoms with van der Waals surface area (Å²) in [7, 11) is 0. The van der Waals surface area contributed by atoms with Crippen LogP contribution in [0.2, 0.25) is 0 Å². The highest BCUT2D eigenvalue weighted by molar-refractivity contribution is 7.12. The molecule has 1 aromatic heterocycles. The lowest BCUT2D eigenvalue weighted by Crippen LogP contribution is -2.24. The van der Waals surface area contributed by atoms with Crippen LogP contribution in [-0.2, 0) is 16.2 Å². The fraction of sp³-hybridized carbons (Fsp3) is 0.294. The van der Waals surface area contributed by atoms with Crippen LogP contribution in [0.4, 0.5) is 0 Å². The van der Waals surface area contributed by atoms with E-state index in [1.165, 1.54) is 0 Å². The maximum atomic E-state index is 12.1. The topological polar surface area (TPSA) is 55.4 Å². The van der Waals surface area contributed by atoms with Crippen molar-refractivity contribution in [3.05, 3.63) is 57.3 Å². The monoisotopic (exact) mass is 317 g/mol. The molecule has 2 aromatic rings. The molecule has 22 heavy (non-hydrogen) atoms. The Labute approximate surface area is 134 Å². The summed E-state index contributed by atoms with van der Waals surface area (Å²) in [6.07, 6.45) is 0.319. The van der Waals surface area contributed by atoms with E-state index < -0.39 is 0 Å². The second kappa shape index (κ2) is 7.87. The lowest BCUT2D eigenvalue weighted by atomic mass is 10.1. The fourth-order valence-corrected chi connectivity index (χ4v) is 3.04. The molecular weight excluding hydrogens is 298 g/mol. The van der Waals surface area contributed by atoms with E-state index in [2.05, 4.69) is 5.48 Å². The van der Waals surface area contributed by atoms with Gasteiger partial charge in [0.15, 0.2) is 5.78 Å². The van der Waals surface area contributed by atoms with Gasteiger partial charge >= 0.3 is 0 Å². The molecule has 0 atom stereocenters. The molecule has 0 radical (unpaired) electrons. The fourth-order valence-electron chi connectivity index (χ4n) is 2.09. The zero-order valence-corrected chi connectivity index (χ0v) is 13.5. The number of hydroxylamine groups is 1. The first-order chi connectivity index (χ1) is 10.6. The number of aryl methyl sites for hydroxylation is 2. The van der Waals surface area contributed by atoms with Crippen molar-refractivity contribution in [3.63, 3.8) is 0 Å². The summed E-state index contributed by atoms with van der Waals surface area (Å²) in [5.74, 6) is -0.283. The average Bonchev–Trinajstić information content (AvgIpc) is 2.84. The van der Waals surface area contributed by atoms with Crippen LogP contribution in [0.25, 0.3) is 0 Å². The second-order valence-electron chi connectivity index (χ2n) is 5.05. The predicted octanol–water partition coefficient (Wildman–Crippen LogP) is 3.58. The van der Waals surface area contributed by atoms with Gasteiger partial charge in [-0.1, -0.05) is 30.3 Å². The minimum absolute atomic E-state index is 0.0000550. The molecule has 2 rings (SSSR count). The summed E-state index contributed by atoms with van der Waals surface area (Å²) in [5.41, 5.74) is 4.07. The van der Waals surface area contributed by atoms with Gasteiger partial charge in [-0.3, -0.25) is 14.4 Å². The zero-order chi connectivity index (χ0) is 15.9. The van der Waals surface area contributed by atoms with Gasteiger partial charge in [-0.2, -0.15) is 0 Å². The van der Waals surface area contributed by atoms with Crippen LogP contribution in [0.15, 0.2) is 36.4 Å². The lowest BCUT2D eigenvalue weighted by Gasteiger charge is -2.05. The van der Waals surface area contributed by atoms with Crippen molar-refractivity contribution < 1.29 is 14.4 Å². The van der Waals surface area contributed by atoms with Crippen molar-refractivity contribution in [3.8, 4) is 0 Å². The van der Waals surface area contributed by atoms with Crippen LogP contribution in [0.3, 0.4) is 0 Å². The number of hydrogen-bond acceptors (Lipinski definition) is 4. The number of carbonyl (C=O) groups excluding carboxylic acids is 2. The summed E-state index contributed by atoms with van der Waals surface area (Å²) >= 11 is 1.60. The van der Waals surface area contributed by atoms with Crippen LogP contribution < -0.4 is 5.48 Å². The molecule has 0 spiro atoms. The first-order valence-electron chi connectivity index (χ1n) is 7.11. The SMILES string of the molecule is Cc1cc(C(=O)CCC(=O)NOCc2ccccc2)c(C)s1. The lowest BCUT2D eigenvalue weighted by molar-refractivity contribution is -0.134. The molecule has 0 saturated carbocycles. The Balaban J connectivity index is 1.71. The highest BCUT2D eigenvalue weighted by Gasteiger charge is 2.13. The first-order valence-corrected chi connectivity index (χ1v) is 7.92. The average molecular weight is 317 g/mol. The summed E-state index contributed by atoms with van der Waals surface area (Å²) in [4.78, 5) is 31.0. The Morgan fingerprint density at radius 1 is 1.14 bits per heavy atom. The maximum Gasteiger partial charge on any atom is 0.243 e. The molecule has 0 fully saturated rings. The third kappa shape index (κ3) is 4.79. The first kappa shape index (κ1) is 16.4. The molecule has 0 saturated heterocycles. The van der Waals surface area contributed by atoms with Gasteiger partial charge in [0.25, 0.3) is 0 Å². The molecule has 4 nitrogen and oxygen atoms in total. The largest absolute Gasteiger partial charge is 0.294 e. The maximum absolute atomic E-state index is 12.1. The Kier molecular flexibility index (Phi) is 5.86. The molecule has 0 aliphatic rings. The van der Waals surface area contributed by atoms with Crippen molar-refractivity contribution in [2.24, 2.45) is 0 Å². The molecule has 5 heteroatoms. The third-order valence-electron chi connectivity index (χ3n) is 3.19. The molecular formula is C17H19NO3S. The summed E-state index contributed by atoms with van der Waals surface area (Å²) in [6, 6.07) is 11.4. The highest BCUT2D eigenvalue weighted by atomic mass is 32.1. The summed E-state index contributed by atoms with van der Waals surface area (Å²) in [5, 5.41) is 0. The van der Waals surface area contributed by atoms with Crippen molar-refractivity contribution in [2.45, 2.75) is 33.3 Å². The van der Waals surface area contributed by atoms with Gasteiger partial charge in [0.2, 0.25) is 5.91 Å². The molecule has 0 unspecified atom stereocenters. The van der Waals surface area contributed by atoms with E-state index in [1.807, 2.05) is 50.2 Å². The van der Waals surface area contributed by atoms with Gasteiger partial charge in [-0.05, 0) is 25.5 Å². The van der Waals surface area contributed by atoms with Gasteiger partial charge < -0.3 is 0 Å². The molecule has 1 heterocycles. The van der Waals surface area contributed by atoms with Crippen LogP contribution >= 0.6 is 11.3 Å². The number of thiophene rings is 1. The van der Waals surface area contributed by atoms with E-state index in [9.17, 15) is 9.59 Å². The van der Waals surface area contributed by atoms with Crippen molar-refractivity contribution in [1.29, 1.82) is 0 Å². The van der Waals surface area contributed by atoms with Crippen LogP contribution in [-0.4, -0.2) is 11.7 Å². The summed E-state index contributed by atoms with van der Waals surface area (Å²) in [6.45, 7) is 4.20. The zero-order valence-electron chi connectivity index (χ0n) is 12.7. The van der Waals surface area contributed by atoms with Gasteiger partial charge in [0.05, 0.1) is 6.61 Å². The number of rotatable bonds is 7. The second-order valence-corrected chi connectivity index (χ2v) is 6.51. The third-order valence-corrected chi connectivity index (χ3v) is 4.15. The van der Waals surface area contributed by atoms with E-state index in [-0.39, 0.29) is 24.5 Å². The molecule has 0 aliphatic heterocycles. The summed E-state index contributed by atoms with van der Waals surface area (Å²) < 4.78 is 0. The number of carbonyl (C=O) groups is 2. The number of hydrogen-bond donors (Lipinski definition) is 1. The number of benzene rings is 1. The van der Waals surface area contributed by atoms with E-state index in [4.69, 9.17) is 4.84 Å². The molecule has 0 aliphatic carbocycles. The molecule has 1 N–H and O–H groups in total. The number of amides is 1. The quantitative estimate of drug-likeness (QED) is 0.627. The van der Waals surface area contributed by atoms with E-state index in [1.54, 1.807) is 11.3 Å². The van der Waals surface area contributed by atoms with E-state index >= 15 is 0 Å². The smallest absolute Gasteiger partial charge is 0.243 e. The Morgan fingerprint density at radius 3 is 2.50 bits per heavy atom. The molecule has 1 aromatic carbocycles. The number of Topliss-reactive ketones (excluding diaryl/α,β-unsaturated/α-hetero) is 1. The minimum Gasteiger partial charge on any atom is -0.294 e. The van der Waals surface area contributed by atoms with Crippen molar-refractivity contribution in [1.82, 2.24) is 5.48 Å². The number of nitrogens with one attached hydrogen (secondary N) is 1. The van der Waals surface area contributed by atoms with Gasteiger partial charge in [0.1, 0.15) is 0 Å². The van der Waals surface area contributed by atoms with Gasteiger partial charge in [-0.15, -0.1) is 11.3 Å². The van der Waals surface area contributed by atoms with Crippen molar-refractivity contribution >= 4 is 23.0 Å². The Hall–Kier alpha value is -1.98. The minimum atomic E-state index is -0.283. The normalized spacial score (nSPS) is 10.5. The van der Waals surface area contributed by atoms with E-state index in [0.29, 0.717) is 6.61 Å². The van der Waals surface area contributed by atoms with Crippen molar-refractivity contribution in [2.75, 3.05) is 0 Å². The van der Waals surface area contributed by atoms with Crippen LogP contribution in [0.5, 0.6) is 0 Å². The Morgan fingerprint density at radius 2 is 1.86 bits per heavy atom. The predicted molar refractivity (Wildman–Crippen MR) is 86.7 cm³/mol. The highest BCUT2D eigenvalue weighted by Crippen LogP contribution is 2.22. The van der Waals surface area contributed by atoms with E-state index in [0.717, 1.165) is 20.9 Å². The standard InChI is InChI=1S/C17H19NO3S/c1-12-10-15(13(2)22-12)16(19)8-9-17(20)18-21-11-14-6-4-3-5-7-14/h3-7,10H,8-9,11H2,1-2H3,(H,18,20). The molecule has 1 amide bonds. The molecule has 0 bridgehead atoms. The number of ketones is 1. The van der Waals surface area contributed by atoms with Crippen LogP contribution in [0, 0.1) is 13.8 Å². The Bertz CT molecular complexity index is 649. The van der Waals surface area contributed by atoms with Gasteiger partial charge in [0, 0.05) is 28.2 Å². The molecule has 116 valence electrons. The van der Waals surface area contributed by atoms with Crippen LogP contribution in [0.1, 0.15) is 38.5 Å². The van der Waals surface area contributed by atoms with Gasteiger partial charge in [-0.25, -0.2) is 5.48 Å².